The van der Waals surface area contributed by atoms with E-state index in [0.29, 0.717) is 12.5 Å². The number of aryl methyl sites for hydroxylation is 1. The molecule has 0 radical (unpaired) electrons. The van der Waals surface area contributed by atoms with E-state index < -0.39 is 0 Å². The van der Waals surface area contributed by atoms with Crippen molar-refractivity contribution in [2.75, 3.05) is 0 Å². The molecule has 3 rings (SSSR count). The molecule has 2 heterocycles. The molecule has 100 valence electrons. The number of pyridine rings is 1. The van der Waals surface area contributed by atoms with Crippen molar-refractivity contribution in [3.63, 3.8) is 0 Å². The molecule has 4 heteroatoms. The lowest BCUT2D eigenvalue weighted by Gasteiger charge is -2.08. The highest BCUT2D eigenvalue weighted by atomic mass is 16.5. The lowest BCUT2D eigenvalue weighted by atomic mass is 10.1. The number of aromatic nitrogens is 3. The normalized spacial score (nSPS) is 10.4. The maximum atomic E-state index is 5.71. The third-order valence-electron chi connectivity index (χ3n) is 3.08. The average molecular weight is 265 g/mol. The minimum absolute atomic E-state index is 0.524. The van der Waals surface area contributed by atoms with Crippen LogP contribution >= 0.6 is 0 Å². The Morgan fingerprint density at radius 3 is 2.65 bits per heavy atom. The first-order valence-electron chi connectivity index (χ1n) is 6.46. The summed E-state index contributed by atoms with van der Waals surface area (Å²) in [7, 11) is 0. The Kier molecular flexibility index (Phi) is 3.46. The van der Waals surface area contributed by atoms with Crippen LogP contribution in [-0.4, -0.2) is 15.0 Å². The summed E-state index contributed by atoms with van der Waals surface area (Å²) < 4.78 is 5.71. The molecule has 0 aliphatic carbocycles. The van der Waals surface area contributed by atoms with Crippen molar-refractivity contribution in [2.24, 2.45) is 0 Å². The zero-order valence-electron chi connectivity index (χ0n) is 11.2. The van der Waals surface area contributed by atoms with Crippen LogP contribution in [0.25, 0.3) is 11.3 Å². The molecule has 2 aromatic heterocycles. The Bertz CT molecular complexity index is 678. The number of hydrogen-bond acceptors (Lipinski definition) is 3. The molecular weight excluding hydrogens is 250 g/mol. The Morgan fingerprint density at radius 2 is 1.95 bits per heavy atom. The van der Waals surface area contributed by atoms with Crippen LogP contribution in [-0.2, 0) is 6.61 Å². The fourth-order valence-corrected chi connectivity index (χ4v) is 2.04. The molecule has 0 bridgehead atoms. The second kappa shape index (κ2) is 5.57. The zero-order valence-corrected chi connectivity index (χ0v) is 11.2. The third-order valence-corrected chi connectivity index (χ3v) is 3.08. The van der Waals surface area contributed by atoms with Crippen LogP contribution in [0.3, 0.4) is 0 Å². The van der Waals surface area contributed by atoms with Gasteiger partial charge in [-0.05, 0) is 18.6 Å². The fraction of sp³-hybridized carbons (Fsp3) is 0.125. The number of benzene rings is 1. The molecule has 0 unspecified atom stereocenters. The number of ether oxygens (including phenoxy) is 1. The van der Waals surface area contributed by atoms with Gasteiger partial charge in [-0.1, -0.05) is 30.3 Å². The highest BCUT2D eigenvalue weighted by Crippen LogP contribution is 2.22. The van der Waals surface area contributed by atoms with E-state index in [-0.39, 0.29) is 0 Å². The molecule has 0 fully saturated rings. The maximum absolute atomic E-state index is 5.71. The molecule has 3 aromatic rings. The van der Waals surface area contributed by atoms with Crippen molar-refractivity contribution < 1.29 is 4.74 Å². The molecule has 1 aromatic carbocycles. The highest BCUT2D eigenvalue weighted by molar-refractivity contribution is 5.61. The zero-order chi connectivity index (χ0) is 13.8. The SMILES string of the molecule is Cc1nc(OCc2ccccc2)ccc1-c1cnc[nH]1. The largest absolute Gasteiger partial charge is 0.473 e. The molecule has 0 atom stereocenters. The van der Waals surface area contributed by atoms with Gasteiger partial charge in [-0.2, -0.15) is 0 Å². The van der Waals surface area contributed by atoms with Crippen LogP contribution in [0.1, 0.15) is 11.3 Å². The first kappa shape index (κ1) is 12.4. The number of imidazole rings is 1. The third kappa shape index (κ3) is 2.69. The van der Waals surface area contributed by atoms with Crippen molar-refractivity contribution in [3.8, 4) is 17.1 Å². The van der Waals surface area contributed by atoms with Crippen molar-refractivity contribution >= 4 is 0 Å². The van der Waals surface area contributed by atoms with Gasteiger partial charge in [0.15, 0.2) is 0 Å². The van der Waals surface area contributed by atoms with Crippen molar-refractivity contribution in [1.29, 1.82) is 0 Å². The van der Waals surface area contributed by atoms with E-state index in [1.54, 1.807) is 12.5 Å². The summed E-state index contributed by atoms with van der Waals surface area (Å²) in [5.74, 6) is 0.634. The predicted octanol–water partition coefficient (Wildman–Crippen LogP) is 3.36. The topological polar surface area (TPSA) is 50.8 Å². The van der Waals surface area contributed by atoms with Crippen LogP contribution in [0.2, 0.25) is 0 Å². The molecule has 0 aliphatic heterocycles. The minimum Gasteiger partial charge on any atom is -0.473 e. The standard InChI is InChI=1S/C16H15N3O/c1-12-14(15-9-17-11-18-15)7-8-16(19-12)20-10-13-5-3-2-4-6-13/h2-9,11H,10H2,1H3,(H,17,18). The highest BCUT2D eigenvalue weighted by Gasteiger charge is 2.06. The quantitative estimate of drug-likeness (QED) is 0.787. The number of H-pyrrole nitrogens is 1. The van der Waals surface area contributed by atoms with Crippen molar-refractivity contribution in [3.05, 3.63) is 66.2 Å². The second-order valence-electron chi connectivity index (χ2n) is 4.52. The van der Waals surface area contributed by atoms with Gasteiger partial charge in [-0.3, -0.25) is 0 Å². The van der Waals surface area contributed by atoms with E-state index in [2.05, 4.69) is 15.0 Å². The smallest absolute Gasteiger partial charge is 0.213 e. The van der Waals surface area contributed by atoms with E-state index in [1.807, 2.05) is 49.4 Å². The number of aromatic amines is 1. The molecule has 0 amide bonds. The lowest BCUT2D eigenvalue weighted by Crippen LogP contribution is -1.98. The molecule has 4 nitrogen and oxygen atoms in total. The molecule has 0 spiro atoms. The molecule has 1 N–H and O–H groups in total. The number of nitrogens with one attached hydrogen (secondary N) is 1. The molecule has 20 heavy (non-hydrogen) atoms. The molecule has 0 saturated carbocycles. The summed E-state index contributed by atoms with van der Waals surface area (Å²) in [4.78, 5) is 11.6. The lowest BCUT2D eigenvalue weighted by molar-refractivity contribution is 0.293. The van der Waals surface area contributed by atoms with Crippen molar-refractivity contribution in [1.82, 2.24) is 15.0 Å². The van der Waals surface area contributed by atoms with Crippen LogP contribution in [0.15, 0.2) is 55.0 Å². The molecular formula is C16H15N3O. The Balaban J connectivity index is 1.74. The minimum atomic E-state index is 0.524. The summed E-state index contributed by atoms with van der Waals surface area (Å²) in [5.41, 5.74) is 4.04. The number of hydrogen-bond donors (Lipinski definition) is 1. The second-order valence-corrected chi connectivity index (χ2v) is 4.52. The summed E-state index contributed by atoms with van der Waals surface area (Å²) in [6.45, 7) is 2.49. The van der Waals surface area contributed by atoms with Crippen LogP contribution < -0.4 is 4.74 Å². The van der Waals surface area contributed by atoms with Crippen LogP contribution in [0, 0.1) is 6.92 Å². The summed E-state index contributed by atoms with van der Waals surface area (Å²) in [5, 5.41) is 0. The Hall–Kier alpha value is -2.62. The van der Waals surface area contributed by atoms with E-state index in [0.717, 1.165) is 22.5 Å². The maximum Gasteiger partial charge on any atom is 0.213 e. The molecule has 0 saturated heterocycles. The predicted molar refractivity (Wildman–Crippen MR) is 77.3 cm³/mol. The number of rotatable bonds is 4. The van der Waals surface area contributed by atoms with Gasteiger partial charge >= 0.3 is 0 Å². The first-order valence-corrected chi connectivity index (χ1v) is 6.46. The van der Waals surface area contributed by atoms with Gasteiger partial charge in [0.05, 0.1) is 23.9 Å². The Morgan fingerprint density at radius 1 is 1.10 bits per heavy atom. The molecule has 0 aliphatic rings. The fourth-order valence-electron chi connectivity index (χ4n) is 2.04. The van der Waals surface area contributed by atoms with Gasteiger partial charge in [0, 0.05) is 11.6 Å². The van der Waals surface area contributed by atoms with Gasteiger partial charge in [0.1, 0.15) is 6.61 Å². The van der Waals surface area contributed by atoms with E-state index >= 15 is 0 Å². The summed E-state index contributed by atoms with van der Waals surface area (Å²) >= 11 is 0. The van der Waals surface area contributed by atoms with E-state index in [4.69, 9.17) is 4.74 Å². The monoisotopic (exact) mass is 265 g/mol. The number of nitrogens with zero attached hydrogens (tertiary/aromatic N) is 2. The van der Waals surface area contributed by atoms with Gasteiger partial charge < -0.3 is 9.72 Å². The van der Waals surface area contributed by atoms with Gasteiger partial charge in [0.2, 0.25) is 5.88 Å². The van der Waals surface area contributed by atoms with Crippen LogP contribution in [0.5, 0.6) is 5.88 Å². The van der Waals surface area contributed by atoms with E-state index in [1.165, 1.54) is 0 Å². The summed E-state index contributed by atoms with van der Waals surface area (Å²) in [6, 6.07) is 13.9. The van der Waals surface area contributed by atoms with Gasteiger partial charge in [-0.15, -0.1) is 0 Å². The van der Waals surface area contributed by atoms with Crippen molar-refractivity contribution in [2.45, 2.75) is 13.5 Å². The van der Waals surface area contributed by atoms with Gasteiger partial charge in [-0.25, -0.2) is 9.97 Å². The average Bonchev–Trinajstić information content (AvgIpc) is 3.00. The van der Waals surface area contributed by atoms with Gasteiger partial charge in [0.25, 0.3) is 0 Å². The summed E-state index contributed by atoms with van der Waals surface area (Å²) in [6.07, 6.45) is 3.45. The van der Waals surface area contributed by atoms with E-state index in [9.17, 15) is 0 Å². The van der Waals surface area contributed by atoms with Crippen LogP contribution in [0.4, 0.5) is 0 Å². The first-order chi connectivity index (χ1) is 9.83. The Labute approximate surface area is 117 Å².